The van der Waals surface area contributed by atoms with E-state index in [0.717, 1.165) is 30.5 Å². The smallest absolute Gasteiger partial charge is 0.229 e. The van der Waals surface area contributed by atoms with Gasteiger partial charge in [-0.2, -0.15) is 0 Å². The minimum atomic E-state index is -3.24. The fourth-order valence-electron chi connectivity index (χ4n) is 2.25. The quantitative estimate of drug-likeness (QED) is 0.765. The lowest BCUT2D eigenvalue weighted by molar-refractivity contribution is 0.355. The van der Waals surface area contributed by atoms with Gasteiger partial charge in [-0.1, -0.05) is 12.1 Å². The number of hydrogen-bond donors (Lipinski definition) is 2. The summed E-state index contributed by atoms with van der Waals surface area (Å²) in [6.07, 6.45) is 1.95. The second kappa shape index (κ2) is 7.92. The van der Waals surface area contributed by atoms with E-state index in [-0.39, 0.29) is 0 Å². The maximum atomic E-state index is 11.2. The summed E-state index contributed by atoms with van der Waals surface area (Å²) in [5, 5.41) is 3.32. The Hall–Kier alpha value is -2.41. The van der Waals surface area contributed by atoms with Gasteiger partial charge in [0.15, 0.2) is 11.5 Å². The summed E-state index contributed by atoms with van der Waals surface area (Å²) in [5.41, 5.74) is 2.62. The Balaban J connectivity index is 1.90. The lowest BCUT2D eigenvalue weighted by Gasteiger charge is -2.11. The topological polar surface area (TPSA) is 76.7 Å². The number of rotatable bonds is 8. The van der Waals surface area contributed by atoms with Crippen LogP contribution in [0.5, 0.6) is 11.5 Å². The molecule has 0 aliphatic carbocycles. The van der Waals surface area contributed by atoms with Gasteiger partial charge < -0.3 is 14.8 Å². The maximum Gasteiger partial charge on any atom is 0.229 e. The van der Waals surface area contributed by atoms with Gasteiger partial charge in [0, 0.05) is 24.0 Å². The molecule has 0 spiro atoms. The van der Waals surface area contributed by atoms with Crippen molar-refractivity contribution >= 4 is 21.4 Å². The standard InChI is InChI=1S/C17H22N2O4S/c1-22-16-9-8-15(12-17(16)23-2)18-11-10-13-4-6-14(7-5-13)19-24(3,20)21/h4-9,12,18-19H,10-11H2,1-3H3. The number of anilines is 2. The zero-order chi connectivity index (χ0) is 17.6. The molecule has 0 bridgehead atoms. The van der Waals surface area contributed by atoms with Crippen LogP contribution in [0, 0.1) is 0 Å². The highest BCUT2D eigenvalue weighted by molar-refractivity contribution is 7.92. The van der Waals surface area contributed by atoms with Crippen LogP contribution >= 0.6 is 0 Å². The first-order valence-electron chi connectivity index (χ1n) is 7.44. The Morgan fingerprint density at radius 2 is 1.54 bits per heavy atom. The van der Waals surface area contributed by atoms with Crippen LogP contribution in [0.1, 0.15) is 5.56 Å². The van der Waals surface area contributed by atoms with Gasteiger partial charge in [0.05, 0.1) is 20.5 Å². The molecule has 0 atom stereocenters. The van der Waals surface area contributed by atoms with E-state index in [1.165, 1.54) is 0 Å². The molecule has 0 fully saturated rings. The summed E-state index contributed by atoms with van der Waals surface area (Å²) >= 11 is 0. The molecule has 0 heterocycles. The van der Waals surface area contributed by atoms with Crippen LogP contribution in [0.2, 0.25) is 0 Å². The van der Waals surface area contributed by atoms with E-state index in [9.17, 15) is 8.42 Å². The third kappa shape index (κ3) is 5.34. The number of sulfonamides is 1. The lowest BCUT2D eigenvalue weighted by atomic mass is 10.1. The number of methoxy groups -OCH3 is 2. The molecule has 0 amide bonds. The summed E-state index contributed by atoms with van der Waals surface area (Å²) in [6.45, 7) is 0.744. The first-order chi connectivity index (χ1) is 11.4. The van der Waals surface area contributed by atoms with Crippen LogP contribution in [-0.2, 0) is 16.4 Å². The molecule has 0 aliphatic heterocycles. The van der Waals surface area contributed by atoms with E-state index in [4.69, 9.17) is 9.47 Å². The van der Waals surface area contributed by atoms with E-state index in [1.807, 2.05) is 30.3 Å². The van der Waals surface area contributed by atoms with Crippen molar-refractivity contribution < 1.29 is 17.9 Å². The molecule has 7 heteroatoms. The molecule has 6 nitrogen and oxygen atoms in total. The molecule has 2 N–H and O–H groups in total. The van der Waals surface area contributed by atoms with Crippen LogP contribution in [0.15, 0.2) is 42.5 Å². The van der Waals surface area contributed by atoms with E-state index < -0.39 is 10.0 Å². The summed E-state index contributed by atoms with van der Waals surface area (Å²) in [6, 6.07) is 13.0. The summed E-state index contributed by atoms with van der Waals surface area (Å²) < 4.78 is 35.3. The second-order valence-corrected chi connectivity index (χ2v) is 7.07. The SMILES string of the molecule is COc1ccc(NCCc2ccc(NS(C)(=O)=O)cc2)cc1OC. The van der Waals surface area contributed by atoms with Gasteiger partial charge in [-0.05, 0) is 36.2 Å². The van der Waals surface area contributed by atoms with Crippen molar-refractivity contribution in [2.24, 2.45) is 0 Å². The molecule has 0 aliphatic rings. The van der Waals surface area contributed by atoms with Crippen LogP contribution in [0.4, 0.5) is 11.4 Å². The van der Waals surface area contributed by atoms with Crippen molar-refractivity contribution in [3.05, 3.63) is 48.0 Å². The normalized spacial score (nSPS) is 11.0. The van der Waals surface area contributed by atoms with E-state index in [2.05, 4.69) is 10.0 Å². The highest BCUT2D eigenvalue weighted by Crippen LogP contribution is 2.29. The van der Waals surface area contributed by atoms with Gasteiger partial charge in [0.25, 0.3) is 0 Å². The third-order valence-corrected chi connectivity index (χ3v) is 3.99. The summed E-state index contributed by atoms with van der Waals surface area (Å²) in [5.74, 6) is 1.37. The molecule has 130 valence electrons. The highest BCUT2D eigenvalue weighted by Gasteiger charge is 2.04. The van der Waals surface area contributed by atoms with Crippen LogP contribution < -0.4 is 19.5 Å². The fourth-order valence-corrected chi connectivity index (χ4v) is 2.82. The number of ether oxygens (including phenoxy) is 2. The molecule has 2 aromatic carbocycles. The molecule has 0 unspecified atom stereocenters. The minimum Gasteiger partial charge on any atom is -0.493 e. The minimum absolute atomic E-state index is 0.564. The first kappa shape index (κ1) is 17.9. The van der Waals surface area contributed by atoms with Gasteiger partial charge in [0.1, 0.15) is 0 Å². The summed E-state index contributed by atoms with van der Waals surface area (Å²) in [4.78, 5) is 0. The van der Waals surface area contributed by atoms with Crippen molar-refractivity contribution in [1.29, 1.82) is 0 Å². The number of hydrogen-bond acceptors (Lipinski definition) is 5. The van der Waals surface area contributed by atoms with Gasteiger partial charge in [0.2, 0.25) is 10.0 Å². The molecule has 0 saturated heterocycles. The van der Waals surface area contributed by atoms with E-state index >= 15 is 0 Å². The van der Waals surface area contributed by atoms with Crippen LogP contribution in [0.3, 0.4) is 0 Å². The Labute approximate surface area is 142 Å². The van der Waals surface area contributed by atoms with Crippen molar-refractivity contribution in [1.82, 2.24) is 0 Å². The predicted molar refractivity (Wildman–Crippen MR) is 96.6 cm³/mol. The molecule has 24 heavy (non-hydrogen) atoms. The monoisotopic (exact) mass is 350 g/mol. The zero-order valence-electron chi connectivity index (χ0n) is 14.0. The molecule has 2 aromatic rings. The molecule has 0 aromatic heterocycles. The second-order valence-electron chi connectivity index (χ2n) is 5.32. The third-order valence-electron chi connectivity index (χ3n) is 3.38. The molecular formula is C17H22N2O4S. The van der Waals surface area contributed by atoms with Crippen LogP contribution in [-0.4, -0.2) is 35.4 Å². The first-order valence-corrected chi connectivity index (χ1v) is 9.33. The van der Waals surface area contributed by atoms with Crippen LogP contribution in [0.25, 0.3) is 0 Å². The summed E-state index contributed by atoms with van der Waals surface area (Å²) in [7, 11) is -0.0306. The zero-order valence-corrected chi connectivity index (χ0v) is 14.8. The number of benzene rings is 2. The Kier molecular flexibility index (Phi) is 5.92. The molecule has 0 saturated carbocycles. The molecular weight excluding hydrogens is 328 g/mol. The number of nitrogens with one attached hydrogen (secondary N) is 2. The van der Waals surface area contributed by atoms with Crippen molar-refractivity contribution in [2.75, 3.05) is 37.1 Å². The predicted octanol–water partition coefficient (Wildman–Crippen LogP) is 2.73. The average Bonchev–Trinajstić information content (AvgIpc) is 2.55. The Morgan fingerprint density at radius 3 is 2.12 bits per heavy atom. The van der Waals surface area contributed by atoms with Crippen molar-refractivity contribution in [2.45, 2.75) is 6.42 Å². The van der Waals surface area contributed by atoms with Gasteiger partial charge in [-0.3, -0.25) is 4.72 Å². The van der Waals surface area contributed by atoms with Gasteiger partial charge in [-0.25, -0.2) is 8.42 Å². The maximum absolute atomic E-state index is 11.2. The van der Waals surface area contributed by atoms with Crippen molar-refractivity contribution in [3.63, 3.8) is 0 Å². The van der Waals surface area contributed by atoms with Gasteiger partial charge >= 0.3 is 0 Å². The van der Waals surface area contributed by atoms with E-state index in [1.54, 1.807) is 26.4 Å². The molecule has 2 rings (SSSR count). The van der Waals surface area contributed by atoms with E-state index in [0.29, 0.717) is 17.2 Å². The lowest BCUT2D eigenvalue weighted by Crippen LogP contribution is -2.09. The highest BCUT2D eigenvalue weighted by atomic mass is 32.2. The largest absolute Gasteiger partial charge is 0.493 e. The van der Waals surface area contributed by atoms with Crippen molar-refractivity contribution in [3.8, 4) is 11.5 Å². The average molecular weight is 350 g/mol. The fraction of sp³-hybridized carbons (Fsp3) is 0.294. The Bertz CT molecular complexity index is 774. The van der Waals surface area contributed by atoms with Gasteiger partial charge in [-0.15, -0.1) is 0 Å². The Morgan fingerprint density at radius 1 is 0.917 bits per heavy atom. The molecule has 0 radical (unpaired) electrons.